The van der Waals surface area contributed by atoms with Crippen LogP contribution in [0.4, 0.5) is 0 Å². The maximum absolute atomic E-state index is 12.6. The zero-order valence-electron chi connectivity index (χ0n) is 15.0. The van der Waals surface area contributed by atoms with Crippen molar-refractivity contribution in [3.05, 3.63) is 35.4 Å². The van der Waals surface area contributed by atoms with Crippen LogP contribution in [-0.4, -0.2) is 47.3 Å². The summed E-state index contributed by atoms with van der Waals surface area (Å²) in [7, 11) is 1.15. The second-order valence-electron chi connectivity index (χ2n) is 7.02. The van der Waals surface area contributed by atoms with Crippen LogP contribution >= 0.6 is 0 Å². The summed E-state index contributed by atoms with van der Waals surface area (Å²) in [5.41, 5.74) is -0.0942. The van der Waals surface area contributed by atoms with Crippen molar-refractivity contribution in [1.29, 1.82) is 0 Å². The van der Waals surface area contributed by atoms with Crippen LogP contribution in [0.3, 0.4) is 0 Å². The summed E-state index contributed by atoms with van der Waals surface area (Å²) in [5, 5.41) is 2.76. The van der Waals surface area contributed by atoms with Crippen molar-refractivity contribution in [2.24, 2.45) is 5.92 Å². The number of benzene rings is 1. The molecular formula is C18H22N2O5. The molecular weight excluding hydrogens is 324 g/mol. The number of carbonyl (C=O) groups is 4. The summed E-state index contributed by atoms with van der Waals surface area (Å²) >= 11 is 0. The molecule has 1 aliphatic heterocycles. The van der Waals surface area contributed by atoms with E-state index in [1.54, 1.807) is 32.9 Å². The van der Waals surface area contributed by atoms with Crippen LogP contribution in [0.5, 0.6) is 0 Å². The molecule has 0 spiro atoms. The Hall–Kier alpha value is -2.70. The summed E-state index contributed by atoms with van der Waals surface area (Å²) in [5.74, 6) is -3.43. The number of carbonyl (C=O) groups excluding carboxylic acids is 4. The molecule has 7 heteroatoms. The molecule has 3 amide bonds. The SMILES string of the molecule is COC(=O)[C@H]([C@H](C)C(=O)NC(C)(C)C)N1C(=O)c2ccccc2C1=O. The number of ether oxygens (including phenoxy) is 1. The van der Waals surface area contributed by atoms with Crippen molar-refractivity contribution < 1.29 is 23.9 Å². The molecule has 25 heavy (non-hydrogen) atoms. The van der Waals surface area contributed by atoms with Gasteiger partial charge in [0.2, 0.25) is 5.91 Å². The Labute approximate surface area is 146 Å². The minimum absolute atomic E-state index is 0.213. The Bertz CT molecular complexity index is 700. The van der Waals surface area contributed by atoms with Gasteiger partial charge in [0, 0.05) is 5.54 Å². The first-order valence-corrected chi connectivity index (χ1v) is 7.95. The van der Waals surface area contributed by atoms with Gasteiger partial charge >= 0.3 is 5.97 Å². The summed E-state index contributed by atoms with van der Waals surface area (Å²) < 4.78 is 4.76. The molecule has 1 aliphatic rings. The molecule has 0 saturated heterocycles. The molecule has 2 rings (SSSR count). The lowest BCUT2D eigenvalue weighted by molar-refractivity contribution is -0.150. The van der Waals surface area contributed by atoms with Crippen molar-refractivity contribution in [3.8, 4) is 0 Å². The summed E-state index contributed by atoms with van der Waals surface area (Å²) in [4.78, 5) is 50.9. The lowest BCUT2D eigenvalue weighted by Crippen LogP contribution is -2.55. The van der Waals surface area contributed by atoms with E-state index < -0.39 is 41.2 Å². The first kappa shape index (κ1) is 18.6. The van der Waals surface area contributed by atoms with Gasteiger partial charge in [-0.1, -0.05) is 19.1 Å². The Morgan fingerprint density at radius 1 is 1.08 bits per heavy atom. The quantitative estimate of drug-likeness (QED) is 0.657. The van der Waals surface area contributed by atoms with Gasteiger partial charge < -0.3 is 10.1 Å². The number of fused-ring (bicyclic) bond motifs is 1. The first-order valence-electron chi connectivity index (χ1n) is 7.95. The minimum Gasteiger partial charge on any atom is -0.467 e. The highest BCUT2D eigenvalue weighted by Crippen LogP contribution is 2.28. The van der Waals surface area contributed by atoms with Gasteiger partial charge in [0.15, 0.2) is 0 Å². The van der Waals surface area contributed by atoms with Crippen LogP contribution in [0.1, 0.15) is 48.4 Å². The second kappa shape index (κ2) is 6.66. The Kier molecular flexibility index (Phi) is 4.97. The topological polar surface area (TPSA) is 92.8 Å². The fourth-order valence-electron chi connectivity index (χ4n) is 2.74. The maximum Gasteiger partial charge on any atom is 0.329 e. The highest BCUT2D eigenvalue weighted by molar-refractivity contribution is 6.23. The van der Waals surface area contributed by atoms with Crippen molar-refractivity contribution in [1.82, 2.24) is 10.2 Å². The lowest BCUT2D eigenvalue weighted by atomic mass is 9.97. The Morgan fingerprint density at radius 3 is 1.96 bits per heavy atom. The fourth-order valence-corrected chi connectivity index (χ4v) is 2.74. The third-order valence-corrected chi connectivity index (χ3v) is 3.93. The van der Waals surface area contributed by atoms with Crippen LogP contribution in [0, 0.1) is 5.92 Å². The number of methoxy groups -OCH3 is 1. The Balaban J connectivity index is 2.40. The molecule has 0 saturated carbocycles. The number of imide groups is 1. The molecule has 0 bridgehead atoms. The molecule has 0 aliphatic carbocycles. The molecule has 0 aromatic heterocycles. The highest BCUT2D eigenvalue weighted by atomic mass is 16.5. The van der Waals surface area contributed by atoms with Crippen molar-refractivity contribution >= 4 is 23.7 Å². The average molecular weight is 346 g/mol. The van der Waals surface area contributed by atoms with Gasteiger partial charge in [0.25, 0.3) is 11.8 Å². The maximum atomic E-state index is 12.6. The third kappa shape index (κ3) is 3.55. The smallest absolute Gasteiger partial charge is 0.329 e. The predicted molar refractivity (Wildman–Crippen MR) is 89.8 cm³/mol. The normalized spacial score (nSPS) is 16.3. The van der Waals surface area contributed by atoms with E-state index in [9.17, 15) is 19.2 Å². The molecule has 7 nitrogen and oxygen atoms in total. The third-order valence-electron chi connectivity index (χ3n) is 3.93. The molecule has 1 aromatic rings. The molecule has 0 fully saturated rings. The van der Waals surface area contributed by atoms with Gasteiger partial charge in [0.05, 0.1) is 24.2 Å². The Morgan fingerprint density at radius 2 is 1.56 bits per heavy atom. The predicted octanol–water partition coefficient (Wildman–Crippen LogP) is 1.37. The molecule has 1 aromatic carbocycles. The monoisotopic (exact) mass is 346 g/mol. The van der Waals surface area contributed by atoms with Crippen molar-refractivity contribution in [2.75, 3.05) is 7.11 Å². The number of hydrogen-bond acceptors (Lipinski definition) is 5. The van der Waals surface area contributed by atoms with Crippen LogP contribution in [0.2, 0.25) is 0 Å². The fraction of sp³-hybridized carbons (Fsp3) is 0.444. The number of amides is 3. The van der Waals surface area contributed by atoms with Gasteiger partial charge in [-0.2, -0.15) is 0 Å². The largest absolute Gasteiger partial charge is 0.467 e. The number of hydrogen-bond donors (Lipinski definition) is 1. The zero-order valence-corrected chi connectivity index (χ0v) is 15.0. The summed E-state index contributed by atoms with van der Waals surface area (Å²) in [6.45, 7) is 6.89. The number of rotatable bonds is 4. The van der Waals surface area contributed by atoms with E-state index in [0.717, 1.165) is 12.0 Å². The van der Waals surface area contributed by atoms with E-state index in [1.165, 1.54) is 19.1 Å². The minimum atomic E-state index is -1.33. The first-order chi connectivity index (χ1) is 11.6. The number of nitrogens with one attached hydrogen (secondary N) is 1. The van der Waals surface area contributed by atoms with Gasteiger partial charge in [-0.3, -0.25) is 19.3 Å². The van der Waals surface area contributed by atoms with Crippen LogP contribution < -0.4 is 5.32 Å². The summed E-state index contributed by atoms with van der Waals surface area (Å²) in [6.07, 6.45) is 0. The number of esters is 1. The molecule has 134 valence electrons. The van der Waals surface area contributed by atoms with Gasteiger partial charge in [-0.05, 0) is 32.9 Å². The number of nitrogens with zero attached hydrogens (tertiary/aromatic N) is 1. The molecule has 0 radical (unpaired) electrons. The van der Waals surface area contributed by atoms with E-state index in [-0.39, 0.29) is 11.1 Å². The zero-order chi connectivity index (χ0) is 18.9. The van der Waals surface area contributed by atoms with Gasteiger partial charge in [0.1, 0.15) is 6.04 Å². The van der Waals surface area contributed by atoms with E-state index >= 15 is 0 Å². The molecule has 0 unspecified atom stereocenters. The highest BCUT2D eigenvalue weighted by Gasteiger charge is 2.47. The van der Waals surface area contributed by atoms with E-state index in [0.29, 0.717) is 0 Å². The lowest BCUT2D eigenvalue weighted by Gasteiger charge is -2.30. The van der Waals surface area contributed by atoms with Gasteiger partial charge in [-0.25, -0.2) is 4.79 Å². The molecule has 2 atom stereocenters. The second-order valence-corrected chi connectivity index (χ2v) is 7.02. The molecule has 1 N–H and O–H groups in total. The van der Waals surface area contributed by atoms with E-state index in [2.05, 4.69) is 5.32 Å². The average Bonchev–Trinajstić information content (AvgIpc) is 2.78. The van der Waals surface area contributed by atoms with Crippen LogP contribution in [0.15, 0.2) is 24.3 Å². The summed E-state index contributed by atoms with van der Waals surface area (Å²) in [6, 6.07) is 4.97. The molecule has 1 heterocycles. The van der Waals surface area contributed by atoms with Crippen LogP contribution in [-0.2, 0) is 14.3 Å². The standard InChI is InChI=1S/C18H22N2O5/c1-10(14(21)19-18(2,3)4)13(17(24)25-5)20-15(22)11-8-6-7-9-12(11)16(20)23/h6-10,13H,1-5H3,(H,19,21)/t10-,13-/m0/s1. The van der Waals surface area contributed by atoms with Crippen molar-refractivity contribution in [2.45, 2.75) is 39.3 Å². The van der Waals surface area contributed by atoms with E-state index in [1.807, 2.05) is 0 Å². The van der Waals surface area contributed by atoms with Gasteiger partial charge in [-0.15, -0.1) is 0 Å². The van der Waals surface area contributed by atoms with E-state index in [4.69, 9.17) is 4.74 Å². The van der Waals surface area contributed by atoms with Crippen molar-refractivity contribution in [3.63, 3.8) is 0 Å². The van der Waals surface area contributed by atoms with Crippen LogP contribution in [0.25, 0.3) is 0 Å².